The summed E-state index contributed by atoms with van der Waals surface area (Å²) in [5.41, 5.74) is 3.08. The van der Waals surface area contributed by atoms with Crippen LogP contribution < -0.4 is 9.62 Å². The van der Waals surface area contributed by atoms with Crippen LogP contribution in [0, 0.1) is 6.92 Å². The van der Waals surface area contributed by atoms with Crippen molar-refractivity contribution in [3.63, 3.8) is 0 Å². The molecule has 3 aromatic carbocycles. The lowest BCUT2D eigenvalue weighted by Gasteiger charge is -2.24. The molecule has 9 heteroatoms. The monoisotopic (exact) mass is 525 g/mol. The van der Waals surface area contributed by atoms with Gasteiger partial charge in [-0.1, -0.05) is 59.6 Å². The van der Waals surface area contributed by atoms with Crippen molar-refractivity contribution < 1.29 is 18.0 Å². The van der Waals surface area contributed by atoms with Crippen LogP contribution in [0.15, 0.2) is 77.7 Å². The van der Waals surface area contributed by atoms with Gasteiger partial charge in [-0.25, -0.2) is 8.42 Å². The van der Waals surface area contributed by atoms with E-state index in [1.165, 1.54) is 18.2 Å². The van der Waals surface area contributed by atoms with Crippen LogP contribution in [-0.2, 0) is 32.7 Å². The van der Waals surface area contributed by atoms with Crippen LogP contribution >= 0.6 is 11.6 Å². The molecule has 36 heavy (non-hydrogen) atoms. The molecule has 3 aromatic rings. The van der Waals surface area contributed by atoms with E-state index in [9.17, 15) is 18.0 Å². The highest BCUT2D eigenvalue weighted by molar-refractivity contribution is 7.92. The lowest BCUT2D eigenvalue weighted by Crippen LogP contribution is -2.40. The normalized spacial score (nSPS) is 13.6. The van der Waals surface area contributed by atoms with Crippen LogP contribution in [0.5, 0.6) is 0 Å². The SMILES string of the molecule is Cc1ccc(S(=O)(=O)N(CC(=O)NCc2cccc(CN3CCCC3=O)c2)c2cccc(Cl)c2)cc1. The van der Waals surface area contributed by atoms with Crippen molar-refractivity contribution in [2.75, 3.05) is 17.4 Å². The molecule has 1 aliphatic heterocycles. The van der Waals surface area contributed by atoms with Crippen molar-refractivity contribution in [1.82, 2.24) is 10.2 Å². The Bertz CT molecular complexity index is 1360. The fourth-order valence-corrected chi connectivity index (χ4v) is 5.70. The van der Waals surface area contributed by atoms with Crippen molar-refractivity contribution in [1.29, 1.82) is 0 Å². The highest BCUT2D eigenvalue weighted by atomic mass is 35.5. The molecule has 1 fully saturated rings. The minimum Gasteiger partial charge on any atom is -0.350 e. The number of nitrogens with zero attached hydrogens (tertiary/aromatic N) is 2. The topological polar surface area (TPSA) is 86.8 Å². The van der Waals surface area contributed by atoms with Crippen molar-refractivity contribution in [3.05, 3.63) is 94.5 Å². The molecule has 7 nitrogen and oxygen atoms in total. The third kappa shape index (κ3) is 6.25. The number of benzene rings is 3. The fourth-order valence-electron chi connectivity index (χ4n) is 4.10. The Labute approximate surface area is 216 Å². The largest absolute Gasteiger partial charge is 0.350 e. The van der Waals surface area contributed by atoms with Gasteiger partial charge in [-0.05, 0) is 54.8 Å². The summed E-state index contributed by atoms with van der Waals surface area (Å²) in [7, 11) is -4.01. The van der Waals surface area contributed by atoms with Crippen LogP contribution in [0.25, 0.3) is 0 Å². The third-order valence-corrected chi connectivity index (χ3v) is 8.04. The van der Waals surface area contributed by atoms with Gasteiger partial charge in [0.15, 0.2) is 0 Å². The Kier molecular flexibility index (Phi) is 7.96. The molecular weight excluding hydrogens is 498 g/mol. The van der Waals surface area contributed by atoms with E-state index in [0.717, 1.165) is 34.0 Å². The number of anilines is 1. The number of amides is 2. The zero-order valence-corrected chi connectivity index (χ0v) is 21.6. The van der Waals surface area contributed by atoms with E-state index in [4.69, 9.17) is 11.6 Å². The van der Waals surface area contributed by atoms with E-state index in [2.05, 4.69) is 5.32 Å². The first kappa shape index (κ1) is 25.7. The van der Waals surface area contributed by atoms with Crippen LogP contribution in [0.4, 0.5) is 5.69 Å². The van der Waals surface area contributed by atoms with Crippen molar-refractivity contribution >= 4 is 39.1 Å². The molecule has 188 valence electrons. The number of halogens is 1. The summed E-state index contributed by atoms with van der Waals surface area (Å²) in [6.45, 7) is 3.00. The summed E-state index contributed by atoms with van der Waals surface area (Å²) >= 11 is 6.12. The average Bonchev–Trinajstić information content (AvgIpc) is 3.25. The maximum Gasteiger partial charge on any atom is 0.264 e. The molecule has 0 bridgehead atoms. The highest BCUT2D eigenvalue weighted by Crippen LogP contribution is 2.26. The number of hydrogen-bond acceptors (Lipinski definition) is 4. The predicted molar refractivity (Wildman–Crippen MR) is 140 cm³/mol. The Morgan fingerprint density at radius 1 is 1.03 bits per heavy atom. The first-order chi connectivity index (χ1) is 17.2. The first-order valence-electron chi connectivity index (χ1n) is 11.7. The number of sulfonamides is 1. The molecule has 1 aliphatic rings. The van der Waals surface area contributed by atoms with Crippen LogP contribution in [0.3, 0.4) is 0 Å². The Morgan fingerprint density at radius 2 is 1.75 bits per heavy atom. The molecule has 2 amide bonds. The number of aryl methyl sites for hydroxylation is 1. The summed E-state index contributed by atoms with van der Waals surface area (Å²) in [6.07, 6.45) is 1.47. The molecule has 1 saturated heterocycles. The number of carbonyl (C=O) groups is 2. The molecule has 0 aromatic heterocycles. The molecule has 0 unspecified atom stereocenters. The second-order valence-electron chi connectivity index (χ2n) is 8.82. The van der Waals surface area contributed by atoms with Gasteiger partial charge in [0, 0.05) is 31.1 Å². The van der Waals surface area contributed by atoms with Gasteiger partial charge in [0.1, 0.15) is 6.54 Å². The van der Waals surface area contributed by atoms with Gasteiger partial charge in [-0.15, -0.1) is 0 Å². The third-order valence-electron chi connectivity index (χ3n) is 6.02. The van der Waals surface area contributed by atoms with Crippen LogP contribution in [-0.4, -0.2) is 38.2 Å². The second kappa shape index (κ2) is 11.1. The van der Waals surface area contributed by atoms with Gasteiger partial charge in [-0.2, -0.15) is 0 Å². The summed E-state index contributed by atoms with van der Waals surface area (Å²) in [5.74, 6) is -0.296. The smallest absolute Gasteiger partial charge is 0.264 e. The van der Waals surface area contributed by atoms with Crippen LogP contribution in [0.1, 0.15) is 29.5 Å². The summed E-state index contributed by atoms with van der Waals surface area (Å²) in [5, 5.41) is 3.18. The number of rotatable bonds is 9. The number of carbonyl (C=O) groups excluding carboxylic acids is 2. The zero-order chi connectivity index (χ0) is 25.7. The van der Waals surface area contributed by atoms with E-state index in [0.29, 0.717) is 23.7 Å². The van der Waals surface area contributed by atoms with Gasteiger partial charge in [0.2, 0.25) is 11.8 Å². The lowest BCUT2D eigenvalue weighted by molar-refractivity contribution is -0.128. The molecular formula is C27H28ClN3O4S. The second-order valence-corrected chi connectivity index (χ2v) is 11.1. The van der Waals surface area contributed by atoms with Gasteiger partial charge in [-0.3, -0.25) is 13.9 Å². The fraction of sp³-hybridized carbons (Fsp3) is 0.259. The standard InChI is InChI=1S/C27H28ClN3O4S/c1-20-10-12-25(13-11-20)36(34,35)31(24-8-3-7-23(28)16-24)19-26(32)29-17-21-5-2-6-22(15-21)18-30-14-4-9-27(30)33/h2-3,5-8,10-13,15-16H,4,9,14,17-19H2,1H3,(H,29,32). The molecule has 1 N–H and O–H groups in total. The van der Waals surface area contributed by atoms with Gasteiger partial charge in [0.25, 0.3) is 10.0 Å². The van der Waals surface area contributed by atoms with Crippen molar-refractivity contribution in [2.24, 2.45) is 0 Å². The van der Waals surface area contributed by atoms with Gasteiger partial charge in [0.05, 0.1) is 10.6 Å². The van der Waals surface area contributed by atoms with E-state index in [1.54, 1.807) is 30.3 Å². The average molecular weight is 526 g/mol. The summed E-state index contributed by atoms with van der Waals surface area (Å²) < 4.78 is 28.0. The van der Waals surface area contributed by atoms with Gasteiger partial charge < -0.3 is 10.2 Å². The molecule has 0 radical (unpaired) electrons. The molecule has 4 rings (SSSR count). The number of hydrogen-bond donors (Lipinski definition) is 1. The molecule has 0 saturated carbocycles. The molecule has 0 spiro atoms. The minimum absolute atomic E-state index is 0.0880. The Balaban J connectivity index is 1.48. The van der Waals surface area contributed by atoms with Crippen molar-refractivity contribution in [3.8, 4) is 0 Å². The summed E-state index contributed by atoms with van der Waals surface area (Å²) in [6, 6.07) is 20.6. The van der Waals surface area contributed by atoms with Crippen LogP contribution in [0.2, 0.25) is 5.02 Å². The Morgan fingerprint density at radius 3 is 2.44 bits per heavy atom. The number of likely N-dealkylation sites (tertiary alicyclic amines) is 1. The molecule has 1 heterocycles. The molecule has 0 atom stereocenters. The Hall–Kier alpha value is -3.36. The summed E-state index contributed by atoms with van der Waals surface area (Å²) in [4.78, 5) is 26.8. The van der Waals surface area contributed by atoms with E-state index in [-0.39, 0.29) is 17.3 Å². The van der Waals surface area contributed by atoms with Crippen molar-refractivity contribution in [2.45, 2.75) is 37.8 Å². The maximum absolute atomic E-state index is 13.5. The van der Waals surface area contributed by atoms with E-state index in [1.807, 2.05) is 36.1 Å². The van der Waals surface area contributed by atoms with E-state index >= 15 is 0 Å². The lowest BCUT2D eigenvalue weighted by atomic mass is 10.1. The van der Waals surface area contributed by atoms with E-state index < -0.39 is 22.5 Å². The number of nitrogens with one attached hydrogen (secondary N) is 1. The highest BCUT2D eigenvalue weighted by Gasteiger charge is 2.27. The van der Waals surface area contributed by atoms with Gasteiger partial charge >= 0.3 is 0 Å². The minimum atomic E-state index is -4.01. The molecule has 0 aliphatic carbocycles. The quantitative estimate of drug-likeness (QED) is 0.451. The zero-order valence-electron chi connectivity index (χ0n) is 20.0. The maximum atomic E-state index is 13.5. The first-order valence-corrected chi connectivity index (χ1v) is 13.5. The predicted octanol–water partition coefficient (Wildman–Crippen LogP) is 4.28.